The topological polar surface area (TPSA) is 42.9 Å². The van der Waals surface area contributed by atoms with Gasteiger partial charge in [-0.2, -0.15) is 0 Å². The van der Waals surface area contributed by atoms with E-state index < -0.39 is 0 Å². The Morgan fingerprint density at radius 3 is 3.00 bits per heavy atom. The van der Waals surface area contributed by atoms with E-state index in [1.165, 1.54) is 0 Å². The smallest absolute Gasteiger partial charge is 0.198 e. The van der Waals surface area contributed by atoms with Gasteiger partial charge in [0.05, 0.1) is 5.69 Å². The van der Waals surface area contributed by atoms with Crippen LogP contribution in [0.3, 0.4) is 0 Å². The summed E-state index contributed by atoms with van der Waals surface area (Å²) in [6, 6.07) is 0. The first-order valence-electron chi connectivity index (χ1n) is 3.03. The summed E-state index contributed by atoms with van der Waals surface area (Å²) in [7, 11) is 0. The van der Waals surface area contributed by atoms with Gasteiger partial charge in [-0.3, -0.25) is 14.8 Å². The zero-order chi connectivity index (χ0) is 7.23. The molecule has 0 N–H and O–H groups in total. The van der Waals surface area contributed by atoms with E-state index in [4.69, 9.17) is 0 Å². The Balaban J connectivity index is 2.50. The molecule has 10 heavy (non-hydrogen) atoms. The molecule has 3 nitrogen and oxygen atoms in total. The molecule has 0 amide bonds. The molecule has 1 heterocycles. The SMILES string of the molecule is O=[C]CCc1cnccn1. The maximum absolute atomic E-state index is 9.80. The van der Waals surface area contributed by atoms with E-state index >= 15 is 0 Å². The van der Waals surface area contributed by atoms with E-state index in [1.54, 1.807) is 24.9 Å². The Kier molecular flexibility index (Phi) is 2.55. The van der Waals surface area contributed by atoms with Crippen LogP contribution in [-0.4, -0.2) is 16.3 Å². The lowest BCUT2D eigenvalue weighted by atomic mass is 10.3. The normalized spacial score (nSPS) is 9.20. The minimum absolute atomic E-state index is 0.401. The van der Waals surface area contributed by atoms with Crippen LogP contribution in [0.1, 0.15) is 12.1 Å². The van der Waals surface area contributed by atoms with Gasteiger partial charge >= 0.3 is 0 Å². The van der Waals surface area contributed by atoms with Gasteiger partial charge in [-0.05, 0) is 6.42 Å². The van der Waals surface area contributed by atoms with Crippen molar-refractivity contribution in [2.75, 3.05) is 0 Å². The monoisotopic (exact) mass is 135 g/mol. The molecule has 3 heteroatoms. The highest BCUT2D eigenvalue weighted by Crippen LogP contribution is 1.92. The Labute approximate surface area is 59.1 Å². The molecule has 0 aliphatic heterocycles. The lowest BCUT2D eigenvalue weighted by molar-refractivity contribution is 0.551. The molecule has 0 spiro atoms. The fourth-order valence-electron chi connectivity index (χ4n) is 0.638. The van der Waals surface area contributed by atoms with Crippen molar-refractivity contribution in [1.29, 1.82) is 0 Å². The number of aromatic nitrogens is 2. The molecule has 0 unspecified atom stereocenters. The van der Waals surface area contributed by atoms with Crippen molar-refractivity contribution in [3.8, 4) is 0 Å². The predicted molar refractivity (Wildman–Crippen MR) is 36.0 cm³/mol. The molecule has 0 atom stereocenters. The van der Waals surface area contributed by atoms with Crippen molar-refractivity contribution in [2.45, 2.75) is 12.8 Å². The van der Waals surface area contributed by atoms with Crippen molar-refractivity contribution in [1.82, 2.24) is 9.97 Å². The van der Waals surface area contributed by atoms with Crippen molar-refractivity contribution in [2.24, 2.45) is 0 Å². The third-order valence-corrected chi connectivity index (χ3v) is 1.10. The Hall–Kier alpha value is -1.25. The maximum atomic E-state index is 9.80. The summed E-state index contributed by atoms with van der Waals surface area (Å²) >= 11 is 0. The molecular weight excluding hydrogens is 128 g/mol. The molecule has 51 valence electrons. The number of rotatable bonds is 3. The van der Waals surface area contributed by atoms with Crippen LogP contribution in [0.4, 0.5) is 0 Å². The first kappa shape index (κ1) is 6.86. The standard InChI is InChI=1S/C7H7N2O/c10-5-1-2-7-6-8-3-4-9-7/h3-4,6H,1-2H2. The van der Waals surface area contributed by atoms with Crippen molar-refractivity contribution in [3.63, 3.8) is 0 Å². The summed E-state index contributed by atoms with van der Waals surface area (Å²) in [6.07, 6.45) is 7.70. The third kappa shape index (κ3) is 1.93. The molecule has 1 aromatic heterocycles. The van der Waals surface area contributed by atoms with Gasteiger partial charge in [0.25, 0.3) is 0 Å². The van der Waals surface area contributed by atoms with Crippen LogP contribution in [0, 0.1) is 0 Å². The van der Waals surface area contributed by atoms with Gasteiger partial charge in [0.2, 0.25) is 0 Å². The van der Waals surface area contributed by atoms with Crippen molar-refractivity contribution in [3.05, 3.63) is 24.3 Å². The number of hydrogen-bond acceptors (Lipinski definition) is 3. The van der Waals surface area contributed by atoms with Gasteiger partial charge in [-0.1, -0.05) is 0 Å². The van der Waals surface area contributed by atoms with Crippen LogP contribution in [0.15, 0.2) is 18.6 Å². The average Bonchev–Trinajstić information content (AvgIpc) is 2.03. The summed E-state index contributed by atoms with van der Waals surface area (Å²) in [6.45, 7) is 0. The largest absolute Gasteiger partial charge is 0.291 e. The van der Waals surface area contributed by atoms with Gasteiger partial charge < -0.3 is 0 Å². The number of carbonyl (C=O) groups excluding carboxylic acids is 1. The molecule has 1 rings (SSSR count). The second-order valence-corrected chi connectivity index (χ2v) is 1.84. The Morgan fingerprint density at radius 2 is 2.40 bits per heavy atom. The van der Waals surface area contributed by atoms with E-state index in [2.05, 4.69) is 9.97 Å². The highest BCUT2D eigenvalue weighted by Gasteiger charge is 1.90. The summed E-state index contributed by atoms with van der Waals surface area (Å²) in [5, 5.41) is 0. The molecule has 0 aliphatic rings. The zero-order valence-electron chi connectivity index (χ0n) is 5.45. The summed E-state index contributed by atoms with van der Waals surface area (Å²) in [5.41, 5.74) is 0.839. The van der Waals surface area contributed by atoms with Crippen LogP contribution >= 0.6 is 0 Å². The Bertz CT molecular complexity index is 198. The van der Waals surface area contributed by atoms with Gasteiger partial charge in [0, 0.05) is 25.0 Å². The maximum Gasteiger partial charge on any atom is 0.198 e. The average molecular weight is 135 g/mol. The number of hydrogen-bond donors (Lipinski definition) is 0. The van der Waals surface area contributed by atoms with Gasteiger partial charge in [0.1, 0.15) is 0 Å². The van der Waals surface area contributed by atoms with Gasteiger partial charge in [-0.15, -0.1) is 0 Å². The molecule has 0 saturated carbocycles. The first-order chi connectivity index (χ1) is 4.93. The van der Waals surface area contributed by atoms with E-state index in [0.717, 1.165) is 5.69 Å². The fraction of sp³-hybridized carbons (Fsp3) is 0.286. The summed E-state index contributed by atoms with van der Waals surface area (Å²) in [4.78, 5) is 17.6. The minimum Gasteiger partial charge on any atom is -0.291 e. The molecule has 0 fully saturated rings. The molecule has 0 aliphatic carbocycles. The molecule has 1 radical (unpaired) electrons. The fourth-order valence-corrected chi connectivity index (χ4v) is 0.638. The lowest BCUT2D eigenvalue weighted by Gasteiger charge is -1.91. The highest BCUT2D eigenvalue weighted by atomic mass is 16.1. The predicted octanol–water partition coefficient (Wildman–Crippen LogP) is 0.519. The van der Waals surface area contributed by atoms with Crippen LogP contribution in [-0.2, 0) is 11.2 Å². The van der Waals surface area contributed by atoms with Crippen LogP contribution in [0.2, 0.25) is 0 Å². The number of nitrogens with zero attached hydrogens (tertiary/aromatic N) is 2. The second-order valence-electron chi connectivity index (χ2n) is 1.84. The van der Waals surface area contributed by atoms with E-state index in [1.807, 2.05) is 0 Å². The number of aryl methyl sites for hydroxylation is 1. The van der Waals surface area contributed by atoms with Crippen molar-refractivity contribution >= 4 is 6.29 Å². The summed E-state index contributed by atoms with van der Waals surface area (Å²) < 4.78 is 0. The van der Waals surface area contributed by atoms with Gasteiger partial charge in [-0.25, -0.2) is 0 Å². The van der Waals surface area contributed by atoms with Crippen molar-refractivity contribution < 1.29 is 4.79 Å². The molecular formula is C7H7N2O. The molecule has 0 bridgehead atoms. The zero-order valence-corrected chi connectivity index (χ0v) is 5.45. The lowest BCUT2D eigenvalue weighted by Crippen LogP contribution is -1.90. The second kappa shape index (κ2) is 3.71. The van der Waals surface area contributed by atoms with Gasteiger partial charge in [0.15, 0.2) is 6.29 Å². The van der Waals surface area contributed by atoms with Crippen LogP contribution in [0.5, 0.6) is 0 Å². The quantitative estimate of drug-likeness (QED) is 0.606. The Morgan fingerprint density at radius 1 is 1.50 bits per heavy atom. The first-order valence-corrected chi connectivity index (χ1v) is 3.03. The minimum atomic E-state index is 0.401. The molecule has 0 aromatic carbocycles. The van der Waals surface area contributed by atoms with E-state index in [-0.39, 0.29) is 0 Å². The van der Waals surface area contributed by atoms with Crippen LogP contribution < -0.4 is 0 Å². The molecule has 1 aromatic rings. The summed E-state index contributed by atoms with van der Waals surface area (Å²) in [5.74, 6) is 0. The molecule has 0 saturated heterocycles. The highest BCUT2D eigenvalue weighted by molar-refractivity contribution is 5.50. The van der Waals surface area contributed by atoms with E-state index in [0.29, 0.717) is 12.8 Å². The van der Waals surface area contributed by atoms with Crippen LogP contribution in [0.25, 0.3) is 0 Å². The third-order valence-electron chi connectivity index (χ3n) is 1.10. The van der Waals surface area contributed by atoms with E-state index in [9.17, 15) is 4.79 Å².